The molecule has 0 fully saturated rings. The molecule has 0 saturated heterocycles. The molecule has 0 aromatic carbocycles. The lowest BCUT2D eigenvalue weighted by molar-refractivity contribution is -0.141. The molecule has 3 rings (SSSR count). The summed E-state index contributed by atoms with van der Waals surface area (Å²) in [7, 11) is 0. The van der Waals surface area contributed by atoms with E-state index in [1.807, 2.05) is 0 Å². The fourth-order valence-electron chi connectivity index (χ4n) is 2.07. The van der Waals surface area contributed by atoms with Gasteiger partial charge in [-0.2, -0.15) is 13.2 Å². The number of aromatic nitrogens is 3. The van der Waals surface area contributed by atoms with Gasteiger partial charge < -0.3 is 4.90 Å². The van der Waals surface area contributed by atoms with Crippen molar-refractivity contribution in [3.63, 3.8) is 0 Å². The first-order valence-corrected chi connectivity index (χ1v) is 6.51. The Kier molecular flexibility index (Phi) is 3.12. The molecule has 0 aliphatic carbocycles. The van der Waals surface area contributed by atoms with E-state index in [0.29, 0.717) is 13.1 Å². The van der Waals surface area contributed by atoms with E-state index in [-0.39, 0.29) is 10.3 Å². The van der Waals surface area contributed by atoms with Crippen LogP contribution in [0, 0.1) is 0 Å². The van der Waals surface area contributed by atoms with Crippen LogP contribution in [0.3, 0.4) is 0 Å². The highest BCUT2D eigenvalue weighted by atomic mass is 79.9. The van der Waals surface area contributed by atoms with Crippen molar-refractivity contribution in [2.24, 2.45) is 0 Å². The predicted octanol–water partition coefficient (Wildman–Crippen LogP) is 3.17. The third kappa shape index (κ3) is 2.35. The Hall–Kier alpha value is -1.70. The van der Waals surface area contributed by atoms with Crippen molar-refractivity contribution in [2.75, 3.05) is 4.90 Å². The van der Waals surface area contributed by atoms with Crippen molar-refractivity contribution < 1.29 is 13.2 Å². The zero-order valence-electron chi connectivity index (χ0n) is 10.0. The largest absolute Gasteiger partial charge is 0.434 e. The Morgan fingerprint density at radius 2 is 2.00 bits per heavy atom. The summed E-state index contributed by atoms with van der Waals surface area (Å²) in [6, 6.07) is 2.92. The van der Waals surface area contributed by atoms with E-state index in [9.17, 15) is 13.2 Å². The molecule has 0 atom stereocenters. The summed E-state index contributed by atoms with van der Waals surface area (Å²) < 4.78 is 38.5. The lowest BCUT2D eigenvalue weighted by Gasteiger charge is -2.18. The zero-order valence-corrected chi connectivity index (χ0v) is 11.6. The molecule has 8 heteroatoms. The van der Waals surface area contributed by atoms with E-state index in [4.69, 9.17) is 0 Å². The number of alkyl halides is 3. The number of hydrogen-bond donors (Lipinski definition) is 0. The molecule has 0 bridgehead atoms. The van der Waals surface area contributed by atoms with Crippen LogP contribution in [0.5, 0.6) is 0 Å². The van der Waals surface area contributed by atoms with Crippen molar-refractivity contribution >= 4 is 21.7 Å². The number of pyridine rings is 1. The van der Waals surface area contributed by atoms with E-state index in [2.05, 4.69) is 30.9 Å². The molecule has 2 aromatic rings. The number of anilines is 1. The molecule has 20 heavy (non-hydrogen) atoms. The van der Waals surface area contributed by atoms with Crippen molar-refractivity contribution in [3.8, 4) is 0 Å². The maximum Gasteiger partial charge on any atom is 0.434 e. The van der Waals surface area contributed by atoms with Gasteiger partial charge in [-0.3, -0.25) is 0 Å². The average molecular weight is 345 g/mol. The van der Waals surface area contributed by atoms with Crippen LogP contribution in [0.4, 0.5) is 19.0 Å². The smallest absolute Gasteiger partial charge is 0.346 e. The van der Waals surface area contributed by atoms with Crippen molar-refractivity contribution in [2.45, 2.75) is 19.3 Å². The predicted molar refractivity (Wildman–Crippen MR) is 68.9 cm³/mol. The van der Waals surface area contributed by atoms with E-state index >= 15 is 0 Å². The van der Waals surface area contributed by atoms with Gasteiger partial charge in [0.25, 0.3) is 0 Å². The third-order valence-corrected chi connectivity index (χ3v) is 3.65. The average Bonchev–Trinajstić information content (AvgIpc) is 2.81. The minimum absolute atomic E-state index is 0.0646. The van der Waals surface area contributed by atoms with Crippen molar-refractivity contribution in [3.05, 3.63) is 46.1 Å². The highest BCUT2D eigenvalue weighted by molar-refractivity contribution is 9.10. The van der Waals surface area contributed by atoms with Crippen LogP contribution in [0.15, 0.2) is 29.1 Å². The molecule has 0 spiro atoms. The lowest BCUT2D eigenvalue weighted by atomic mass is 10.3. The number of hydrogen-bond acceptors (Lipinski definition) is 4. The summed E-state index contributed by atoms with van der Waals surface area (Å²) in [5, 5.41) is 0. The topological polar surface area (TPSA) is 41.9 Å². The monoisotopic (exact) mass is 344 g/mol. The quantitative estimate of drug-likeness (QED) is 0.796. The fourth-order valence-corrected chi connectivity index (χ4v) is 2.51. The second kappa shape index (κ2) is 4.69. The van der Waals surface area contributed by atoms with E-state index in [0.717, 1.165) is 11.3 Å². The number of rotatable bonds is 1. The first-order chi connectivity index (χ1) is 9.45. The Morgan fingerprint density at radius 1 is 1.20 bits per heavy atom. The van der Waals surface area contributed by atoms with Gasteiger partial charge in [-0.15, -0.1) is 0 Å². The van der Waals surface area contributed by atoms with Gasteiger partial charge in [-0.1, -0.05) is 0 Å². The molecule has 0 N–H and O–H groups in total. The van der Waals surface area contributed by atoms with Gasteiger partial charge in [0.05, 0.1) is 12.2 Å². The van der Waals surface area contributed by atoms with E-state index in [1.54, 1.807) is 17.2 Å². The molecule has 1 aliphatic rings. The minimum Gasteiger partial charge on any atom is -0.346 e. The van der Waals surface area contributed by atoms with Crippen LogP contribution in [-0.2, 0) is 19.3 Å². The van der Waals surface area contributed by atoms with Gasteiger partial charge in [0.15, 0.2) is 5.69 Å². The first kappa shape index (κ1) is 13.3. The Balaban J connectivity index is 1.94. The zero-order chi connectivity index (χ0) is 14.3. The molecule has 104 valence electrons. The molecule has 3 heterocycles. The lowest BCUT2D eigenvalue weighted by Crippen LogP contribution is -2.19. The SMILES string of the molecule is FC(F)(F)c1nc(N2Cc3cncnc3C2)ccc1Br. The number of nitrogens with zero attached hydrogens (tertiary/aromatic N) is 4. The second-order valence-corrected chi connectivity index (χ2v) is 5.20. The van der Waals surface area contributed by atoms with Crippen LogP contribution in [0.1, 0.15) is 17.0 Å². The first-order valence-electron chi connectivity index (χ1n) is 5.71. The normalized spacial score (nSPS) is 14.5. The Labute approximate surface area is 120 Å². The van der Waals surface area contributed by atoms with Crippen LogP contribution in [0.2, 0.25) is 0 Å². The molecule has 1 aliphatic heterocycles. The van der Waals surface area contributed by atoms with Crippen molar-refractivity contribution in [1.82, 2.24) is 15.0 Å². The molecule has 2 aromatic heterocycles. The Bertz CT molecular complexity index is 634. The summed E-state index contributed by atoms with van der Waals surface area (Å²) in [5.41, 5.74) is 0.807. The van der Waals surface area contributed by atoms with E-state index in [1.165, 1.54) is 12.4 Å². The van der Waals surface area contributed by atoms with Crippen LogP contribution < -0.4 is 4.90 Å². The summed E-state index contributed by atoms with van der Waals surface area (Å²) in [5.74, 6) is 0.276. The van der Waals surface area contributed by atoms with Gasteiger partial charge in [-0.05, 0) is 28.1 Å². The van der Waals surface area contributed by atoms with Crippen LogP contribution >= 0.6 is 15.9 Å². The number of fused-ring (bicyclic) bond motifs is 1. The summed E-state index contributed by atoms with van der Waals surface area (Å²) in [6.45, 7) is 0.895. The highest BCUT2D eigenvalue weighted by Crippen LogP contribution is 2.35. The molecular weight excluding hydrogens is 337 g/mol. The maximum atomic E-state index is 12.8. The summed E-state index contributed by atoms with van der Waals surface area (Å²) in [6.07, 6.45) is -1.38. The highest BCUT2D eigenvalue weighted by Gasteiger charge is 2.36. The summed E-state index contributed by atoms with van der Waals surface area (Å²) in [4.78, 5) is 13.5. The van der Waals surface area contributed by atoms with Gasteiger partial charge in [0, 0.05) is 22.8 Å². The minimum atomic E-state index is -4.48. The van der Waals surface area contributed by atoms with Gasteiger partial charge in [-0.25, -0.2) is 15.0 Å². The van der Waals surface area contributed by atoms with Gasteiger partial charge in [0.1, 0.15) is 12.1 Å². The fraction of sp³-hybridized carbons (Fsp3) is 0.250. The van der Waals surface area contributed by atoms with Crippen LogP contribution in [0.25, 0.3) is 0 Å². The molecule has 0 saturated carbocycles. The third-order valence-electron chi connectivity index (χ3n) is 3.01. The molecule has 0 unspecified atom stereocenters. The van der Waals surface area contributed by atoms with E-state index < -0.39 is 11.9 Å². The standard InChI is InChI=1S/C12H8BrF3N4/c13-8-1-2-10(19-11(8)12(14,15)16)20-4-7-3-17-6-18-9(7)5-20/h1-3,6H,4-5H2. The van der Waals surface area contributed by atoms with Crippen molar-refractivity contribution in [1.29, 1.82) is 0 Å². The summed E-state index contributed by atoms with van der Waals surface area (Å²) >= 11 is 2.88. The second-order valence-electron chi connectivity index (χ2n) is 4.35. The molecule has 0 amide bonds. The van der Waals surface area contributed by atoms with Crippen LogP contribution in [-0.4, -0.2) is 15.0 Å². The Morgan fingerprint density at radius 3 is 2.70 bits per heavy atom. The molecule has 4 nitrogen and oxygen atoms in total. The number of halogens is 4. The van der Waals surface area contributed by atoms with Gasteiger partial charge >= 0.3 is 6.18 Å². The maximum absolute atomic E-state index is 12.8. The van der Waals surface area contributed by atoms with Gasteiger partial charge in [0.2, 0.25) is 0 Å². The molecular formula is C12H8BrF3N4. The molecule has 0 radical (unpaired) electrons.